The number of carboxylic acid groups (broad SMARTS) is 1. The molecule has 0 spiro atoms. The predicted octanol–water partition coefficient (Wildman–Crippen LogP) is 1.01. The van der Waals surface area contributed by atoms with Gasteiger partial charge in [-0.15, -0.1) is 11.6 Å². The minimum Gasteiger partial charge on any atom is -0.478 e. The van der Waals surface area contributed by atoms with Crippen LogP contribution in [-0.2, 0) is 4.79 Å². The maximum atomic E-state index is 10.2. The van der Waals surface area contributed by atoms with Gasteiger partial charge in [0.15, 0.2) is 0 Å². The zero-order valence-electron chi connectivity index (χ0n) is 6.25. The quantitative estimate of drug-likeness (QED) is 0.499. The smallest absolute Gasteiger partial charge is 0.330 e. The zero-order chi connectivity index (χ0) is 8.85. The highest BCUT2D eigenvalue weighted by Crippen LogP contribution is 2.04. The Morgan fingerprint density at radius 3 is 2.64 bits per heavy atom. The van der Waals surface area contributed by atoms with E-state index in [1.165, 1.54) is 13.0 Å². The Balaban J connectivity index is 3.82. The van der Waals surface area contributed by atoms with E-state index in [9.17, 15) is 4.79 Å². The molecular weight excluding hydrogens is 168 g/mol. The molecule has 0 bridgehead atoms. The normalized spacial score (nSPS) is 14.6. The lowest BCUT2D eigenvalue weighted by atomic mass is 10.2. The van der Waals surface area contributed by atoms with Gasteiger partial charge in [-0.1, -0.05) is 6.08 Å². The van der Waals surface area contributed by atoms with E-state index in [2.05, 4.69) is 0 Å². The molecule has 2 N–H and O–H groups in total. The van der Waals surface area contributed by atoms with Gasteiger partial charge in [-0.2, -0.15) is 0 Å². The van der Waals surface area contributed by atoms with Crippen molar-refractivity contribution in [2.75, 3.05) is 6.61 Å². The van der Waals surface area contributed by atoms with Gasteiger partial charge in [-0.25, -0.2) is 4.79 Å². The highest BCUT2D eigenvalue weighted by atomic mass is 35.5. The predicted molar refractivity (Wildman–Crippen MR) is 42.7 cm³/mol. The molecule has 0 aliphatic heterocycles. The number of carbonyl (C=O) groups is 1. The molecule has 0 amide bonds. The molecule has 0 fully saturated rings. The Kier molecular flexibility index (Phi) is 4.90. The van der Waals surface area contributed by atoms with E-state index in [1.54, 1.807) is 0 Å². The summed E-state index contributed by atoms with van der Waals surface area (Å²) in [6.45, 7) is 1.36. The van der Waals surface area contributed by atoms with Crippen LogP contribution >= 0.6 is 11.6 Å². The third kappa shape index (κ3) is 4.81. The van der Waals surface area contributed by atoms with Crippen molar-refractivity contribution >= 4 is 17.6 Å². The van der Waals surface area contributed by atoms with Crippen LogP contribution in [0.2, 0.25) is 0 Å². The summed E-state index contributed by atoms with van der Waals surface area (Å²) >= 11 is 5.53. The van der Waals surface area contributed by atoms with Gasteiger partial charge >= 0.3 is 5.97 Å². The first-order valence-corrected chi connectivity index (χ1v) is 3.66. The topological polar surface area (TPSA) is 57.5 Å². The van der Waals surface area contributed by atoms with Gasteiger partial charge in [0.25, 0.3) is 0 Å². The maximum Gasteiger partial charge on any atom is 0.330 e. The van der Waals surface area contributed by atoms with Gasteiger partial charge in [0.05, 0.1) is 12.0 Å². The van der Waals surface area contributed by atoms with Crippen molar-refractivity contribution in [3.8, 4) is 0 Å². The fourth-order valence-corrected chi connectivity index (χ4v) is 0.556. The molecule has 0 saturated heterocycles. The summed E-state index contributed by atoms with van der Waals surface area (Å²) in [5.74, 6) is -0.952. The van der Waals surface area contributed by atoms with E-state index in [-0.39, 0.29) is 17.6 Å². The fourth-order valence-electron chi connectivity index (χ4n) is 0.466. The first kappa shape index (κ1) is 10.5. The molecule has 0 aromatic rings. The summed E-state index contributed by atoms with van der Waals surface area (Å²) in [6.07, 6.45) is 1.88. The second kappa shape index (κ2) is 5.16. The molecule has 3 nitrogen and oxygen atoms in total. The van der Waals surface area contributed by atoms with Crippen molar-refractivity contribution in [2.45, 2.75) is 18.7 Å². The van der Waals surface area contributed by atoms with Crippen LogP contribution in [0.15, 0.2) is 11.6 Å². The van der Waals surface area contributed by atoms with Gasteiger partial charge in [-0.3, -0.25) is 0 Å². The highest BCUT2D eigenvalue weighted by molar-refractivity contribution is 6.20. The van der Waals surface area contributed by atoms with Gasteiger partial charge < -0.3 is 10.2 Å². The van der Waals surface area contributed by atoms with E-state index in [1.807, 2.05) is 0 Å². The van der Waals surface area contributed by atoms with Crippen molar-refractivity contribution in [1.82, 2.24) is 0 Å². The number of allylic oxidation sites excluding steroid dienone is 1. The van der Waals surface area contributed by atoms with E-state index in [4.69, 9.17) is 21.8 Å². The maximum absolute atomic E-state index is 10.2. The minimum absolute atomic E-state index is 0.134. The second-order valence-corrected chi connectivity index (χ2v) is 2.83. The lowest BCUT2D eigenvalue weighted by Crippen LogP contribution is -2.04. The SMILES string of the molecule is C/C(=C\CC(Cl)CO)C(=O)O. The van der Waals surface area contributed by atoms with E-state index >= 15 is 0 Å². The van der Waals surface area contributed by atoms with Crippen molar-refractivity contribution in [1.29, 1.82) is 0 Å². The fraction of sp³-hybridized carbons (Fsp3) is 0.571. The molecule has 64 valence electrons. The lowest BCUT2D eigenvalue weighted by molar-refractivity contribution is -0.132. The number of aliphatic carboxylic acids is 1. The molecule has 1 unspecified atom stereocenters. The number of halogens is 1. The van der Waals surface area contributed by atoms with E-state index in [0.29, 0.717) is 6.42 Å². The molecule has 0 radical (unpaired) electrons. The first-order valence-electron chi connectivity index (χ1n) is 3.23. The number of hydrogen-bond acceptors (Lipinski definition) is 2. The largest absolute Gasteiger partial charge is 0.478 e. The molecule has 0 rings (SSSR count). The van der Waals surface area contributed by atoms with Crippen LogP contribution < -0.4 is 0 Å². The van der Waals surface area contributed by atoms with Crippen LogP contribution in [0.4, 0.5) is 0 Å². The summed E-state index contributed by atoms with van der Waals surface area (Å²) < 4.78 is 0. The van der Waals surface area contributed by atoms with Gasteiger partial charge in [0.2, 0.25) is 0 Å². The summed E-state index contributed by atoms with van der Waals surface area (Å²) in [4.78, 5) is 10.2. The van der Waals surface area contributed by atoms with Crippen molar-refractivity contribution in [3.05, 3.63) is 11.6 Å². The monoisotopic (exact) mass is 178 g/mol. The Labute approximate surface area is 70.3 Å². The first-order chi connectivity index (χ1) is 5.07. The van der Waals surface area contributed by atoms with Gasteiger partial charge in [-0.05, 0) is 13.3 Å². The van der Waals surface area contributed by atoms with Crippen LogP contribution in [-0.4, -0.2) is 28.2 Å². The third-order valence-electron chi connectivity index (χ3n) is 1.22. The number of hydrogen-bond donors (Lipinski definition) is 2. The number of aliphatic hydroxyl groups is 1. The Morgan fingerprint density at radius 2 is 2.27 bits per heavy atom. The Morgan fingerprint density at radius 1 is 1.73 bits per heavy atom. The number of rotatable bonds is 4. The molecule has 0 aromatic carbocycles. The van der Waals surface area contributed by atoms with Crippen molar-refractivity contribution < 1.29 is 15.0 Å². The number of carboxylic acids is 1. The highest BCUT2D eigenvalue weighted by Gasteiger charge is 2.02. The van der Waals surface area contributed by atoms with E-state index < -0.39 is 5.97 Å². The standard InChI is InChI=1S/C7H11ClO3/c1-5(7(10)11)2-3-6(8)4-9/h2,6,9H,3-4H2,1H3,(H,10,11)/b5-2+. The third-order valence-corrected chi connectivity index (χ3v) is 1.53. The molecular formula is C7H11ClO3. The zero-order valence-corrected chi connectivity index (χ0v) is 7.01. The molecule has 0 heterocycles. The van der Waals surface area contributed by atoms with Crippen LogP contribution in [0, 0.1) is 0 Å². The van der Waals surface area contributed by atoms with Crippen molar-refractivity contribution in [3.63, 3.8) is 0 Å². The summed E-state index contributed by atoms with van der Waals surface area (Å²) in [7, 11) is 0. The molecule has 0 aliphatic carbocycles. The molecule has 4 heteroatoms. The Bertz CT molecular complexity index is 165. The average Bonchev–Trinajstić information content (AvgIpc) is 1.99. The van der Waals surface area contributed by atoms with Crippen LogP contribution in [0.1, 0.15) is 13.3 Å². The average molecular weight is 179 g/mol. The van der Waals surface area contributed by atoms with Crippen LogP contribution in [0.25, 0.3) is 0 Å². The second-order valence-electron chi connectivity index (χ2n) is 2.21. The Hall–Kier alpha value is -0.540. The van der Waals surface area contributed by atoms with Crippen LogP contribution in [0.3, 0.4) is 0 Å². The molecule has 0 saturated carbocycles. The molecule has 0 aromatic heterocycles. The minimum atomic E-state index is -0.952. The molecule has 1 atom stereocenters. The summed E-state index contributed by atoms with van der Waals surface area (Å²) in [6, 6.07) is 0. The van der Waals surface area contributed by atoms with Gasteiger partial charge in [0, 0.05) is 5.57 Å². The number of aliphatic hydroxyl groups excluding tert-OH is 1. The van der Waals surface area contributed by atoms with Crippen molar-refractivity contribution in [2.24, 2.45) is 0 Å². The molecule has 0 aliphatic rings. The summed E-state index contributed by atoms with van der Waals surface area (Å²) in [5, 5.41) is 16.5. The van der Waals surface area contributed by atoms with Gasteiger partial charge in [0.1, 0.15) is 0 Å². The molecule has 11 heavy (non-hydrogen) atoms. The van der Waals surface area contributed by atoms with E-state index in [0.717, 1.165) is 0 Å². The number of alkyl halides is 1. The van der Waals surface area contributed by atoms with Crippen LogP contribution in [0.5, 0.6) is 0 Å². The lowest BCUT2D eigenvalue weighted by Gasteiger charge is -2.00. The summed E-state index contributed by atoms with van der Waals surface area (Å²) in [5.41, 5.74) is 0.254.